The summed E-state index contributed by atoms with van der Waals surface area (Å²) in [6.45, 7) is 3.87. The summed E-state index contributed by atoms with van der Waals surface area (Å²) in [4.78, 5) is 13.1. The number of nitrogens with one attached hydrogen (secondary N) is 1. The second kappa shape index (κ2) is 58.9. The largest absolute Gasteiger partial charge is 0.394 e. The fourth-order valence-corrected chi connectivity index (χ4v) is 11.4. The van der Waals surface area contributed by atoms with E-state index in [1.807, 2.05) is 0 Å². The van der Waals surface area contributed by atoms with Crippen LogP contribution in [-0.2, 0) is 14.3 Å². The van der Waals surface area contributed by atoms with E-state index < -0.39 is 49.5 Å². The van der Waals surface area contributed by atoms with E-state index in [4.69, 9.17) is 9.47 Å². The Hall–Kier alpha value is -1.33. The molecule has 0 saturated carbocycles. The number of hydrogen-bond acceptors (Lipinski definition) is 8. The number of rotatable bonds is 61. The molecular formula is C69H133NO8. The molecule has 0 aromatic heterocycles. The maximum atomic E-state index is 13.1. The maximum Gasteiger partial charge on any atom is 0.220 e. The number of amides is 1. The Morgan fingerprint density at radius 1 is 0.436 bits per heavy atom. The lowest BCUT2D eigenvalue weighted by Gasteiger charge is -2.40. The van der Waals surface area contributed by atoms with Crippen LogP contribution in [0.15, 0.2) is 24.3 Å². The zero-order valence-electron chi connectivity index (χ0n) is 51.7. The topological polar surface area (TPSA) is 149 Å². The van der Waals surface area contributed by atoms with E-state index in [2.05, 4.69) is 43.5 Å². The number of ether oxygens (including phenoxy) is 2. The number of hydrogen-bond donors (Lipinski definition) is 6. The number of carbonyl (C=O) groups excluding carboxylic acids is 1. The van der Waals surface area contributed by atoms with Gasteiger partial charge in [-0.25, -0.2) is 0 Å². The van der Waals surface area contributed by atoms with Gasteiger partial charge in [0.2, 0.25) is 5.91 Å². The van der Waals surface area contributed by atoms with Gasteiger partial charge in [0.15, 0.2) is 6.29 Å². The highest BCUT2D eigenvalue weighted by molar-refractivity contribution is 5.76. The predicted octanol–water partition coefficient (Wildman–Crippen LogP) is 18.5. The standard InChI is InChI=1S/C69H133NO8/c1-3-5-7-9-11-13-15-17-19-21-22-23-24-25-26-27-28-29-30-31-32-33-34-35-36-37-38-39-40-41-42-43-45-47-49-51-53-55-57-59-65(73)70-62(61-77-69-68(76)67(75)66(74)64(60-71)78-69)63(72)58-56-54-52-50-48-46-44-20-18-16-14-12-10-8-6-4-2/h15,17,21-22,62-64,66-69,71-72,74-76H,3-14,16,18-20,23-61H2,1-2H3,(H,70,73)/b17-15-,22-21-. The average Bonchev–Trinajstić information content (AvgIpc) is 3.45. The van der Waals surface area contributed by atoms with Gasteiger partial charge in [0.1, 0.15) is 24.4 Å². The summed E-state index contributed by atoms with van der Waals surface area (Å²) in [5.74, 6) is -0.136. The molecule has 0 spiro atoms. The third kappa shape index (κ3) is 47.2. The van der Waals surface area contributed by atoms with E-state index in [-0.39, 0.29) is 12.5 Å². The van der Waals surface area contributed by atoms with Crippen molar-refractivity contribution in [3.63, 3.8) is 0 Å². The normalized spacial score (nSPS) is 18.7. The summed E-state index contributed by atoms with van der Waals surface area (Å²) in [6.07, 6.45) is 69.7. The van der Waals surface area contributed by atoms with Crippen molar-refractivity contribution >= 4 is 5.91 Å². The molecule has 1 saturated heterocycles. The van der Waals surface area contributed by atoms with E-state index in [0.717, 1.165) is 44.9 Å². The number of carbonyl (C=O) groups is 1. The summed E-state index contributed by atoms with van der Waals surface area (Å²) in [5, 5.41) is 54.8. The molecule has 0 aliphatic carbocycles. The van der Waals surface area contributed by atoms with E-state index in [1.54, 1.807) is 0 Å². The Balaban J connectivity index is 2.02. The van der Waals surface area contributed by atoms with Crippen LogP contribution in [0.2, 0.25) is 0 Å². The van der Waals surface area contributed by atoms with Crippen molar-refractivity contribution in [1.29, 1.82) is 0 Å². The third-order valence-electron chi connectivity index (χ3n) is 16.8. The van der Waals surface area contributed by atoms with E-state index >= 15 is 0 Å². The third-order valence-corrected chi connectivity index (χ3v) is 16.8. The molecule has 6 N–H and O–H groups in total. The Morgan fingerprint density at radius 3 is 1.10 bits per heavy atom. The van der Waals surface area contributed by atoms with Crippen molar-refractivity contribution in [2.24, 2.45) is 0 Å². The average molecular weight is 1100 g/mol. The minimum atomic E-state index is -1.55. The molecule has 1 fully saturated rings. The molecule has 7 unspecified atom stereocenters. The molecule has 7 atom stereocenters. The molecule has 0 aromatic rings. The van der Waals surface area contributed by atoms with Crippen LogP contribution in [0, 0.1) is 0 Å². The molecule has 78 heavy (non-hydrogen) atoms. The molecular weight excluding hydrogens is 971 g/mol. The quantitative estimate of drug-likeness (QED) is 0.0261. The van der Waals surface area contributed by atoms with Gasteiger partial charge < -0.3 is 40.3 Å². The lowest BCUT2D eigenvalue weighted by Crippen LogP contribution is -2.60. The Morgan fingerprint density at radius 2 is 0.756 bits per heavy atom. The van der Waals surface area contributed by atoms with Crippen LogP contribution in [0.5, 0.6) is 0 Å². The molecule has 0 radical (unpaired) electrons. The first-order valence-electron chi connectivity index (χ1n) is 34.5. The summed E-state index contributed by atoms with van der Waals surface area (Å²) in [6, 6.07) is -0.716. The van der Waals surface area contributed by atoms with Gasteiger partial charge in [-0.2, -0.15) is 0 Å². The fraction of sp³-hybridized carbons (Fsp3) is 0.928. The van der Waals surface area contributed by atoms with Crippen molar-refractivity contribution in [3.8, 4) is 0 Å². The van der Waals surface area contributed by atoms with Crippen molar-refractivity contribution in [2.45, 2.75) is 397 Å². The minimum Gasteiger partial charge on any atom is -0.394 e. The first kappa shape index (κ1) is 74.7. The number of aliphatic hydroxyl groups excluding tert-OH is 5. The molecule has 1 rings (SSSR count). The van der Waals surface area contributed by atoms with Crippen molar-refractivity contribution in [1.82, 2.24) is 5.32 Å². The van der Waals surface area contributed by atoms with Crippen LogP contribution >= 0.6 is 0 Å². The van der Waals surface area contributed by atoms with Gasteiger partial charge in [-0.1, -0.05) is 327 Å². The van der Waals surface area contributed by atoms with E-state index in [9.17, 15) is 30.3 Å². The first-order valence-corrected chi connectivity index (χ1v) is 34.5. The zero-order valence-corrected chi connectivity index (χ0v) is 51.7. The molecule has 9 nitrogen and oxygen atoms in total. The summed E-state index contributed by atoms with van der Waals surface area (Å²) in [5.41, 5.74) is 0. The molecule has 0 aromatic carbocycles. The van der Waals surface area contributed by atoms with Crippen LogP contribution in [-0.4, -0.2) is 87.5 Å². The predicted molar refractivity (Wildman–Crippen MR) is 332 cm³/mol. The lowest BCUT2D eigenvalue weighted by atomic mass is 9.99. The molecule has 1 heterocycles. The maximum absolute atomic E-state index is 13.1. The highest BCUT2D eigenvalue weighted by atomic mass is 16.7. The highest BCUT2D eigenvalue weighted by Gasteiger charge is 2.44. The Labute approximate surface area is 483 Å². The van der Waals surface area contributed by atoms with E-state index in [0.29, 0.717) is 12.8 Å². The minimum absolute atomic E-state index is 0.132. The molecule has 9 heteroatoms. The van der Waals surface area contributed by atoms with Crippen LogP contribution < -0.4 is 5.32 Å². The fourth-order valence-electron chi connectivity index (χ4n) is 11.4. The van der Waals surface area contributed by atoms with Gasteiger partial charge in [0, 0.05) is 6.42 Å². The van der Waals surface area contributed by atoms with E-state index in [1.165, 1.54) is 283 Å². The van der Waals surface area contributed by atoms with Crippen LogP contribution in [0.3, 0.4) is 0 Å². The zero-order chi connectivity index (χ0) is 56.5. The Bertz CT molecular complexity index is 1280. The van der Waals surface area contributed by atoms with Gasteiger partial charge in [0.25, 0.3) is 0 Å². The molecule has 1 aliphatic rings. The monoisotopic (exact) mass is 1100 g/mol. The smallest absolute Gasteiger partial charge is 0.220 e. The van der Waals surface area contributed by atoms with Crippen molar-refractivity contribution < 1.29 is 39.8 Å². The van der Waals surface area contributed by atoms with Gasteiger partial charge in [-0.05, 0) is 44.9 Å². The number of unbranched alkanes of at least 4 members (excludes halogenated alkanes) is 47. The van der Waals surface area contributed by atoms with Crippen molar-refractivity contribution in [2.75, 3.05) is 13.2 Å². The van der Waals surface area contributed by atoms with Crippen LogP contribution in [0.1, 0.15) is 354 Å². The lowest BCUT2D eigenvalue weighted by molar-refractivity contribution is -0.302. The first-order chi connectivity index (χ1) is 38.3. The van der Waals surface area contributed by atoms with Gasteiger partial charge >= 0.3 is 0 Å². The second-order valence-corrected chi connectivity index (χ2v) is 24.3. The SMILES string of the molecule is CCCCCCC/C=C\C/C=C\CCCCCCCCCCCCCCCCCCCCCCCCCCCCCC(=O)NC(COC1OC(CO)C(O)C(O)C1O)C(O)CCCCCCCCCCCCCCCCCC. The van der Waals surface area contributed by atoms with Gasteiger partial charge in [-0.3, -0.25) is 4.79 Å². The molecule has 462 valence electrons. The van der Waals surface area contributed by atoms with Crippen LogP contribution in [0.25, 0.3) is 0 Å². The highest BCUT2D eigenvalue weighted by Crippen LogP contribution is 2.24. The van der Waals surface area contributed by atoms with Gasteiger partial charge in [-0.15, -0.1) is 0 Å². The number of aliphatic hydroxyl groups is 5. The second-order valence-electron chi connectivity index (χ2n) is 24.3. The van der Waals surface area contributed by atoms with Crippen molar-refractivity contribution in [3.05, 3.63) is 24.3 Å². The summed E-state index contributed by atoms with van der Waals surface area (Å²) in [7, 11) is 0. The molecule has 1 aliphatic heterocycles. The Kier molecular flexibility index (Phi) is 56.3. The molecule has 1 amide bonds. The summed E-state index contributed by atoms with van der Waals surface area (Å²) >= 11 is 0. The molecule has 0 bridgehead atoms. The number of allylic oxidation sites excluding steroid dienone is 4. The van der Waals surface area contributed by atoms with Gasteiger partial charge in [0.05, 0.1) is 25.4 Å². The summed E-state index contributed by atoms with van der Waals surface area (Å²) < 4.78 is 11.3. The van der Waals surface area contributed by atoms with Crippen LogP contribution in [0.4, 0.5) is 0 Å².